The molecule has 2 N–H and O–H groups in total. The average Bonchev–Trinajstić information content (AvgIpc) is 3.00. The minimum Gasteiger partial charge on any atom is -0.360 e. The molecule has 0 radical (unpaired) electrons. The van der Waals surface area contributed by atoms with Crippen LogP contribution in [-0.2, 0) is 0 Å². The van der Waals surface area contributed by atoms with E-state index in [9.17, 15) is 9.59 Å². The van der Waals surface area contributed by atoms with Crippen LogP contribution in [-0.4, -0.2) is 20.7 Å². The van der Waals surface area contributed by atoms with E-state index in [1.54, 1.807) is 28.9 Å². The molecule has 0 atom stereocenters. The van der Waals surface area contributed by atoms with Crippen LogP contribution in [0.2, 0.25) is 0 Å². The third-order valence-corrected chi connectivity index (χ3v) is 4.42. The summed E-state index contributed by atoms with van der Waals surface area (Å²) >= 11 is 0. The van der Waals surface area contributed by atoms with E-state index in [1.807, 2.05) is 44.2 Å². The van der Waals surface area contributed by atoms with E-state index in [-0.39, 0.29) is 11.0 Å². The molecule has 4 aromatic rings. The number of rotatable bonds is 3. The van der Waals surface area contributed by atoms with Gasteiger partial charge in [-0.2, -0.15) is 5.10 Å². The van der Waals surface area contributed by atoms with E-state index in [4.69, 9.17) is 0 Å². The van der Waals surface area contributed by atoms with Crippen LogP contribution in [0, 0.1) is 13.8 Å². The Morgan fingerprint density at radius 1 is 1.07 bits per heavy atom. The van der Waals surface area contributed by atoms with Gasteiger partial charge in [-0.15, -0.1) is 0 Å². The van der Waals surface area contributed by atoms with Crippen molar-refractivity contribution in [2.45, 2.75) is 13.8 Å². The van der Waals surface area contributed by atoms with Gasteiger partial charge < -0.3 is 10.3 Å². The number of aryl methyl sites for hydroxylation is 2. The highest BCUT2D eigenvalue weighted by molar-refractivity contribution is 6.06. The average molecular weight is 358 g/mol. The number of amides is 1. The van der Waals surface area contributed by atoms with E-state index >= 15 is 0 Å². The number of aromatic nitrogens is 3. The van der Waals surface area contributed by atoms with E-state index in [0.717, 1.165) is 17.1 Å². The van der Waals surface area contributed by atoms with Gasteiger partial charge in [-0.25, -0.2) is 4.68 Å². The molecule has 0 bridgehead atoms. The van der Waals surface area contributed by atoms with E-state index < -0.39 is 5.91 Å². The molecular weight excluding hydrogens is 340 g/mol. The number of H-pyrrole nitrogens is 1. The number of carbonyl (C=O) groups is 1. The van der Waals surface area contributed by atoms with Crippen molar-refractivity contribution in [2.75, 3.05) is 5.32 Å². The second-order valence-corrected chi connectivity index (χ2v) is 6.39. The van der Waals surface area contributed by atoms with Crippen LogP contribution in [0.5, 0.6) is 0 Å². The number of fused-ring (bicyclic) bond motifs is 1. The first-order valence-corrected chi connectivity index (χ1v) is 8.59. The summed E-state index contributed by atoms with van der Waals surface area (Å²) in [5, 5.41) is 7.81. The first-order chi connectivity index (χ1) is 13.0. The van der Waals surface area contributed by atoms with Crippen molar-refractivity contribution < 1.29 is 4.79 Å². The van der Waals surface area contributed by atoms with Gasteiger partial charge in [-0.05, 0) is 44.2 Å². The second-order valence-electron chi connectivity index (χ2n) is 6.39. The zero-order chi connectivity index (χ0) is 19.0. The molecule has 0 unspecified atom stereocenters. The maximum atomic E-state index is 12.8. The fourth-order valence-electron chi connectivity index (χ4n) is 3.16. The summed E-state index contributed by atoms with van der Waals surface area (Å²) in [6.45, 7) is 3.87. The number of benzene rings is 2. The van der Waals surface area contributed by atoms with Crippen LogP contribution in [0.4, 0.5) is 5.69 Å². The largest absolute Gasteiger partial charge is 0.360 e. The Kier molecular flexibility index (Phi) is 4.08. The molecular formula is C21H18N4O2. The summed E-state index contributed by atoms with van der Waals surface area (Å²) in [6.07, 6.45) is 1.45. The molecule has 0 aliphatic heterocycles. The zero-order valence-corrected chi connectivity index (χ0v) is 15.0. The van der Waals surface area contributed by atoms with Gasteiger partial charge in [0.15, 0.2) is 0 Å². The summed E-state index contributed by atoms with van der Waals surface area (Å²) in [6, 6.07) is 16.5. The van der Waals surface area contributed by atoms with Gasteiger partial charge in [-0.3, -0.25) is 9.59 Å². The number of nitrogens with one attached hydrogen (secondary N) is 2. The van der Waals surface area contributed by atoms with Crippen LogP contribution >= 0.6 is 0 Å². The minimum atomic E-state index is -0.462. The lowest BCUT2D eigenvalue weighted by atomic mass is 10.1. The third-order valence-electron chi connectivity index (χ3n) is 4.42. The number of carbonyl (C=O) groups excluding carboxylic acids is 1. The number of aromatic amines is 1. The highest BCUT2D eigenvalue weighted by Gasteiger charge is 2.16. The van der Waals surface area contributed by atoms with Gasteiger partial charge in [0.2, 0.25) is 5.43 Å². The van der Waals surface area contributed by atoms with Crippen molar-refractivity contribution in [3.05, 3.63) is 88.0 Å². The van der Waals surface area contributed by atoms with Crippen LogP contribution in [0.15, 0.2) is 65.6 Å². The zero-order valence-electron chi connectivity index (χ0n) is 15.0. The number of anilines is 1. The highest BCUT2D eigenvalue weighted by Crippen LogP contribution is 2.22. The van der Waals surface area contributed by atoms with Crippen molar-refractivity contribution in [3.63, 3.8) is 0 Å². The number of hydrogen-bond acceptors (Lipinski definition) is 3. The Labute approximate surface area is 155 Å². The van der Waals surface area contributed by atoms with Gasteiger partial charge in [-0.1, -0.05) is 24.3 Å². The molecule has 0 aliphatic rings. The predicted octanol–water partition coefficient (Wildman–Crippen LogP) is 3.58. The van der Waals surface area contributed by atoms with Crippen molar-refractivity contribution in [1.29, 1.82) is 0 Å². The first kappa shape index (κ1) is 16.8. The predicted molar refractivity (Wildman–Crippen MR) is 106 cm³/mol. The molecule has 0 spiro atoms. The van der Waals surface area contributed by atoms with Gasteiger partial charge >= 0.3 is 0 Å². The lowest BCUT2D eigenvalue weighted by molar-refractivity contribution is 0.102. The third kappa shape index (κ3) is 3.01. The summed E-state index contributed by atoms with van der Waals surface area (Å²) in [4.78, 5) is 28.5. The fraction of sp³-hybridized carbons (Fsp3) is 0.0952. The molecule has 134 valence electrons. The van der Waals surface area contributed by atoms with E-state index in [0.29, 0.717) is 16.6 Å². The van der Waals surface area contributed by atoms with Crippen LogP contribution in [0.3, 0.4) is 0 Å². The van der Waals surface area contributed by atoms with Crippen molar-refractivity contribution in [2.24, 2.45) is 0 Å². The number of para-hydroxylation sites is 3. The quantitative estimate of drug-likeness (QED) is 0.587. The Hall–Kier alpha value is -3.67. The Bertz CT molecular complexity index is 1220. The van der Waals surface area contributed by atoms with Gasteiger partial charge in [0.25, 0.3) is 5.91 Å². The summed E-state index contributed by atoms with van der Waals surface area (Å²) in [5.74, 6) is -0.462. The molecule has 2 heterocycles. The minimum absolute atomic E-state index is 0.0665. The molecule has 0 saturated carbocycles. The number of hydrogen-bond donors (Lipinski definition) is 2. The molecule has 1 amide bonds. The molecule has 6 nitrogen and oxygen atoms in total. The second kappa shape index (κ2) is 6.57. The molecule has 4 rings (SSSR count). The van der Waals surface area contributed by atoms with Gasteiger partial charge in [0.05, 0.1) is 17.1 Å². The molecule has 2 aromatic carbocycles. The monoisotopic (exact) mass is 358 g/mol. The topological polar surface area (TPSA) is 79.8 Å². The van der Waals surface area contributed by atoms with Crippen LogP contribution in [0.25, 0.3) is 16.6 Å². The van der Waals surface area contributed by atoms with Crippen molar-refractivity contribution in [1.82, 2.24) is 14.8 Å². The number of pyridine rings is 1. The molecule has 2 aromatic heterocycles. The molecule has 0 aliphatic carbocycles. The Morgan fingerprint density at radius 2 is 1.81 bits per heavy atom. The van der Waals surface area contributed by atoms with Crippen molar-refractivity contribution in [3.8, 4) is 5.69 Å². The highest BCUT2D eigenvalue weighted by atomic mass is 16.2. The normalized spacial score (nSPS) is 10.9. The summed E-state index contributed by atoms with van der Waals surface area (Å²) in [7, 11) is 0. The molecule has 27 heavy (non-hydrogen) atoms. The summed E-state index contributed by atoms with van der Waals surface area (Å²) < 4.78 is 1.77. The van der Waals surface area contributed by atoms with Gasteiger partial charge in [0.1, 0.15) is 5.56 Å². The van der Waals surface area contributed by atoms with Crippen molar-refractivity contribution >= 4 is 22.5 Å². The lowest BCUT2D eigenvalue weighted by Gasteiger charge is -2.12. The van der Waals surface area contributed by atoms with Crippen LogP contribution in [0.1, 0.15) is 21.7 Å². The summed E-state index contributed by atoms with van der Waals surface area (Å²) in [5.41, 5.74) is 3.64. The van der Waals surface area contributed by atoms with Crippen LogP contribution < -0.4 is 10.7 Å². The molecule has 6 heteroatoms. The number of nitrogens with zero attached hydrogens (tertiary/aromatic N) is 2. The first-order valence-electron chi connectivity index (χ1n) is 8.59. The maximum absolute atomic E-state index is 12.8. The fourth-order valence-corrected chi connectivity index (χ4v) is 3.16. The lowest BCUT2D eigenvalue weighted by Crippen LogP contribution is -2.22. The standard InChI is InChI=1S/C21H18N4O2/c1-13-11-14(2)25(24-13)19-10-6-5-9-18(19)23-21(27)16-12-22-17-8-4-3-7-15(17)20(16)26/h3-12H,1-2H3,(H,22,26)(H,23,27). The molecule has 0 saturated heterocycles. The van der Waals surface area contributed by atoms with Gasteiger partial charge in [0, 0.05) is 22.8 Å². The molecule has 0 fully saturated rings. The Balaban J connectivity index is 1.74. The van der Waals surface area contributed by atoms with E-state index in [2.05, 4.69) is 15.4 Å². The SMILES string of the molecule is Cc1cc(C)n(-c2ccccc2NC(=O)c2c[nH]c3ccccc3c2=O)n1. The smallest absolute Gasteiger partial charge is 0.261 e. The maximum Gasteiger partial charge on any atom is 0.261 e. The Morgan fingerprint density at radius 3 is 2.59 bits per heavy atom. The van der Waals surface area contributed by atoms with E-state index in [1.165, 1.54) is 6.20 Å².